The standard InChI is InChI=1S/C23H24FN5O2S/c1-2-14-29-20(15-26-22(31)18-10-6-7-11-19(18)24)27-28-23(29)32-16-21(30)25-13-12-17-8-4-3-5-9-17/h2-11H,1,12-16H2,(H,25,30)(H,26,31). The monoisotopic (exact) mass is 453 g/mol. The zero-order valence-electron chi connectivity index (χ0n) is 17.5. The molecule has 0 saturated carbocycles. The van der Waals surface area contributed by atoms with E-state index in [-0.39, 0.29) is 23.8 Å². The van der Waals surface area contributed by atoms with Crippen molar-refractivity contribution in [2.45, 2.75) is 24.7 Å². The highest BCUT2D eigenvalue weighted by molar-refractivity contribution is 7.99. The quantitative estimate of drug-likeness (QED) is 0.344. The Kier molecular flexibility index (Phi) is 8.56. The number of halogens is 1. The summed E-state index contributed by atoms with van der Waals surface area (Å²) < 4.78 is 15.5. The fraction of sp³-hybridized carbons (Fsp3) is 0.217. The first-order chi connectivity index (χ1) is 15.6. The average Bonchev–Trinajstić information content (AvgIpc) is 3.19. The SMILES string of the molecule is C=CCn1c(CNC(=O)c2ccccc2F)nnc1SCC(=O)NCCc1ccccc1. The normalized spacial score (nSPS) is 10.5. The van der Waals surface area contributed by atoms with Crippen LogP contribution in [0.2, 0.25) is 0 Å². The van der Waals surface area contributed by atoms with Crippen LogP contribution in [0.5, 0.6) is 0 Å². The summed E-state index contributed by atoms with van der Waals surface area (Å²) in [6, 6.07) is 15.7. The first-order valence-corrected chi connectivity index (χ1v) is 11.1. The van der Waals surface area contributed by atoms with Crippen LogP contribution >= 0.6 is 11.8 Å². The van der Waals surface area contributed by atoms with E-state index < -0.39 is 11.7 Å². The molecule has 1 heterocycles. The number of aromatic nitrogens is 3. The summed E-state index contributed by atoms with van der Waals surface area (Å²) in [6.45, 7) is 4.77. The van der Waals surface area contributed by atoms with Crippen LogP contribution in [-0.2, 0) is 24.3 Å². The molecule has 166 valence electrons. The molecule has 0 fully saturated rings. The van der Waals surface area contributed by atoms with E-state index in [4.69, 9.17) is 0 Å². The van der Waals surface area contributed by atoms with Crippen LogP contribution in [0.3, 0.4) is 0 Å². The van der Waals surface area contributed by atoms with Gasteiger partial charge in [0.15, 0.2) is 11.0 Å². The first kappa shape index (κ1) is 23.2. The largest absolute Gasteiger partial charge is 0.355 e. The Morgan fingerprint density at radius 2 is 1.81 bits per heavy atom. The van der Waals surface area contributed by atoms with Gasteiger partial charge in [-0.1, -0.05) is 60.3 Å². The lowest BCUT2D eigenvalue weighted by atomic mass is 10.1. The maximum absolute atomic E-state index is 13.8. The summed E-state index contributed by atoms with van der Waals surface area (Å²) in [5, 5.41) is 14.3. The van der Waals surface area contributed by atoms with Gasteiger partial charge in [0.05, 0.1) is 17.9 Å². The number of nitrogens with one attached hydrogen (secondary N) is 2. The van der Waals surface area contributed by atoms with Gasteiger partial charge in [0.25, 0.3) is 5.91 Å². The lowest BCUT2D eigenvalue weighted by Crippen LogP contribution is -2.27. The Hall–Kier alpha value is -3.46. The smallest absolute Gasteiger partial charge is 0.254 e. The molecule has 0 unspecified atom stereocenters. The van der Waals surface area contributed by atoms with Gasteiger partial charge in [0.2, 0.25) is 5.91 Å². The fourth-order valence-electron chi connectivity index (χ4n) is 2.94. The van der Waals surface area contributed by atoms with Gasteiger partial charge in [0, 0.05) is 13.1 Å². The third-order valence-corrected chi connectivity index (χ3v) is 5.51. The Morgan fingerprint density at radius 3 is 2.56 bits per heavy atom. The second-order valence-corrected chi connectivity index (χ2v) is 7.78. The fourth-order valence-corrected chi connectivity index (χ4v) is 3.74. The maximum Gasteiger partial charge on any atom is 0.254 e. The molecule has 0 radical (unpaired) electrons. The highest BCUT2D eigenvalue weighted by atomic mass is 32.2. The second kappa shape index (κ2) is 11.8. The highest BCUT2D eigenvalue weighted by Crippen LogP contribution is 2.17. The van der Waals surface area contributed by atoms with Crippen LogP contribution in [0.1, 0.15) is 21.7 Å². The first-order valence-electron chi connectivity index (χ1n) is 10.1. The molecule has 7 nitrogen and oxygen atoms in total. The summed E-state index contributed by atoms with van der Waals surface area (Å²) in [7, 11) is 0. The zero-order valence-corrected chi connectivity index (χ0v) is 18.3. The summed E-state index contributed by atoms with van der Waals surface area (Å²) in [5.74, 6) is -0.559. The topological polar surface area (TPSA) is 88.9 Å². The molecular weight excluding hydrogens is 429 g/mol. The summed E-state index contributed by atoms with van der Waals surface area (Å²) in [4.78, 5) is 24.4. The summed E-state index contributed by atoms with van der Waals surface area (Å²) in [6.07, 6.45) is 2.44. The van der Waals surface area contributed by atoms with E-state index in [1.54, 1.807) is 16.7 Å². The number of carbonyl (C=O) groups is 2. The minimum absolute atomic E-state index is 0.0379. The van der Waals surface area contributed by atoms with E-state index in [0.717, 1.165) is 12.0 Å². The van der Waals surface area contributed by atoms with Crippen molar-refractivity contribution >= 4 is 23.6 Å². The van der Waals surface area contributed by atoms with Crippen LogP contribution in [0.25, 0.3) is 0 Å². The molecule has 0 spiro atoms. The van der Waals surface area contributed by atoms with E-state index in [0.29, 0.717) is 24.1 Å². The number of hydrogen-bond acceptors (Lipinski definition) is 5. The van der Waals surface area contributed by atoms with Crippen LogP contribution in [0.15, 0.2) is 72.4 Å². The molecule has 2 N–H and O–H groups in total. The van der Waals surface area contributed by atoms with E-state index >= 15 is 0 Å². The third kappa shape index (κ3) is 6.52. The van der Waals surface area contributed by atoms with E-state index in [2.05, 4.69) is 27.4 Å². The van der Waals surface area contributed by atoms with Crippen molar-refractivity contribution in [3.8, 4) is 0 Å². The van der Waals surface area contributed by atoms with Gasteiger partial charge in [-0.05, 0) is 24.1 Å². The molecule has 3 rings (SSSR count). The van der Waals surface area contributed by atoms with Crippen LogP contribution < -0.4 is 10.6 Å². The van der Waals surface area contributed by atoms with Crippen LogP contribution in [-0.4, -0.2) is 38.9 Å². The Morgan fingerprint density at radius 1 is 1.06 bits per heavy atom. The van der Waals surface area contributed by atoms with Crippen molar-refractivity contribution < 1.29 is 14.0 Å². The number of amides is 2. The van der Waals surface area contributed by atoms with E-state index in [1.165, 1.54) is 30.0 Å². The van der Waals surface area contributed by atoms with Gasteiger partial charge in [-0.3, -0.25) is 9.59 Å². The Balaban J connectivity index is 1.52. The second-order valence-electron chi connectivity index (χ2n) is 6.83. The van der Waals surface area contributed by atoms with Gasteiger partial charge in [-0.25, -0.2) is 4.39 Å². The van der Waals surface area contributed by atoms with Crippen LogP contribution in [0.4, 0.5) is 4.39 Å². The minimum Gasteiger partial charge on any atom is -0.355 e. The summed E-state index contributed by atoms with van der Waals surface area (Å²) >= 11 is 1.25. The third-order valence-electron chi connectivity index (χ3n) is 4.54. The molecule has 0 aliphatic heterocycles. The van der Waals surface area contributed by atoms with Gasteiger partial charge >= 0.3 is 0 Å². The van der Waals surface area contributed by atoms with Crippen molar-refractivity contribution in [3.05, 3.63) is 90.0 Å². The Bertz CT molecular complexity index is 1070. The lowest BCUT2D eigenvalue weighted by molar-refractivity contribution is -0.118. The average molecular weight is 454 g/mol. The predicted molar refractivity (Wildman–Crippen MR) is 122 cm³/mol. The lowest BCUT2D eigenvalue weighted by Gasteiger charge is -2.09. The maximum atomic E-state index is 13.8. The van der Waals surface area contributed by atoms with Gasteiger partial charge in [0.1, 0.15) is 5.82 Å². The van der Waals surface area contributed by atoms with E-state index in [1.807, 2.05) is 30.3 Å². The van der Waals surface area contributed by atoms with Crippen molar-refractivity contribution in [1.29, 1.82) is 0 Å². The van der Waals surface area contributed by atoms with Crippen molar-refractivity contribution in [1.82, 2.24) is 25.4 Å². The number of allylic oxidation sites excluding steroid dienone is 1. The molecular formula is C23H24FN5O2S. The molecule has 32 heavy (non-hydrogen) atoms. The predicted octanol–water partition coefficient (Wildman–Crippen LogP) is 2.98. The number of rotatable bonds is 11. The van der Waals surface area contributed by atoms with Gasteiger partial charge in [-0.2, -0.15) is 0 Å². The number of hydrogen-bond donors (Lipinski definition) is 2. The van der Waals surface area contributed by atoms with Crippen LogP contribution in [0, 0.1) is 5.82 Å². The molecule has 0 aliphatic carbocycles. The number of nitrogens with zero attached hydrogens (tertiary/aromatic N) is 3. The van der Waals surface area contributed by atoms with Crippen molar-refractivity contribution in [3.63, 3.8) is 0 Å². The highest BCUT2D eigenvalue weighted by Gasteiger charge is 2.16. The molecule has 2 amide bonds. The minimum atomic E-state index is -0.591. The number of thioether (sulfide) groups is 1. The molecule has 3 aromatic rings. The number of carbonyl (C=O) groups excluding carboxylic acids is 2. The Labute approximate surface area is 190 Å². The van der Waals surface area contributed by atoms with Gasteiger partial charge < -0.3 is 15.2 Å². The van der Waals surface area contributed by atoms with Gasteiger partial charge in [-0.15, -0.1) is 16.8 Å². The zero-order chi connectivity index (χ0) is 22.8. The van der Waals surface area contributed by atoms with E-state index in [9.17, 15) is 14.0 Å². The molecule has 9 heteroatoms. The molecule has 0 saturated heterocycles. The summed E-state index contributed by atoms with van der Waals surface area (Å²) in [5.41, 5.74) is 1.12. The number of benzene rings is 2. The molecule has 2 aromatic carbocycles. The van der Waals surface area contributed by atoms with Crippen molar-refractivity contribution in [2.75, 3.05) is 12.3 Å². The molecule has 0 aliphatic rings. The molecule has 0 bridgehead atoms. The van der Waals surface area contributed by atoms with Crippen molar-refractivity contribution in [2.24, 2.45) is 0 Å². The molecule has 0 atom stereocenters. The molecule has 1 aromatic heterocycles.